The molecule has 4 rings (SSSR count). The van der Waals surface area contributed by atoms with Crippen LogP contribution in [0.1, 0.15) is 36.0 Å². The molecule has 0 radical (unpaired) electrons. The van der Waals surface area contributed by atoms with E-state index in [2.05, 4.69) is 17.4 Å². The van der Waals surface area contributed by atoms with E-state index in [1.165, 1.54) is 4.90 Å². The standard InChI is InChI=1S/C28H28N2O5/c1-19(27(33)30(16-15-26(31)32)17-20-9-3-2-4-10-20)29-28(34)35-18-25-23-13-7-5-11-21(23)22-12-6-8-14-24(22)25/h2-14,19,25H,15-18H2,1H3,(H,29,34)(H,31,32)/t19-/m0/s1. The maximum atomic E-state index is 13.0. The highest BCUT2D eigenvalue weighted by atomic mass is 16.5. The molecule has 7 heteroatoms. The second-order valence-corrected chi connectivity index (χ2v) is 8.58. The lowest BCUT2D eigenvalue weighted by atomic mass is 9.98. The van der Waals surface area contributed by atoms with E-state index in [9.17, 15) is 14.4 Å². The fourth-order valence-electron chi connectivity index (χ4n) is 4.45. The highest BCUT2D eigenvalue weighted by Gasteiger charge is 2.30. The number of aliphatic carboxylic acids is 1. The molecule has 0 bridgehead atoms. The van der Waals surface area contributed by atoms with E-state index < -0.39 is 18.1 Å². The number of ether oxygens (including phenoxy) is 1. The van der Waals surface area contributed by atoms with Gasteiger partial charge >= 0.3 is 12.1 Å². The molecule has 1 aliphatic rings. The second kappa shape index (κ2) is 10.9. The van der Waals surface area contributed by atoms with Crippen molar-refractivity contribution in [2.24, 2.45) is 0 Å². The monoisotopic (exact) mass is 472 g/mol. The van der Waals surface area contributed by atoms with Crippen molar-refractivity contribution in [3.05, 3.63) is 95.6 Å². The third kappa shape index (κ3) is 5.69. The molecule has 0 aliphatic heterocycles. The molecule has 0 fully saturated rings. The van der Waals surface area contributed by atoms with Gasteiger partial charge in [-0.05, 0) is 34.7 Å². The smallest absolute Gasteiger partial charge is 0.407 e. The van der Waals surface area contributed by atoms with Crippen LogP contribution in [0.4, 0.5) is 4.79 Å². The fourth-order valence-corrected chi connectivity index (χ4v) is 4.45. The number of carboxylic acids is 1. The van der Waals surface area contributed by atoms with E-state index in [1.807, 2.05) is 66.7 Å². The Morgan fingerprint density at radius 1 is 0.914 bits per heavy atom. The number of hydrogen-bond acceptors (Lipinski definition) is 4. The van der Waals surface area contributed by atoms with Gasteiger partial charge in [-0.3, -0.25) is 9.59 Å². The maximum Gasteiger partial charge on any atom is 0.407 e. The maximum absolute atomic E-state index is 13.0. The Kier molecular flexibility index (Phi) is 7.45. The summed E-state index contributed by atoms with van der Waals surface area (Å²) in [4.78, 5) is 38.2. The summed E-state index contributed by atoms with van der Waals surface area (Å²) in [6, 6.07) is 24.6. The summed E-state index contributed by atoms with van der Waals surface area (Å²) in [7, 11) is 0. The van der Waals surface area contributed by atoms with Crippen molar-refractivity contribution in [2.75, 3.05) is 13.2 Å². The van der Waals surface area contributed by atoms with Gasteiger partial charge in [0.05, 0.1) is 6.42 Å². The van der Waals surface area contributed by atoms with Gasteiger partial charge in [-0.25, -0.2) is 4.79 Å². The molecule has 1 aliphatic carbocycles. The van der Waals surface area contributed by atoms with Crippen LogP contribution in [0.5, 0.6) is 0 Å². The van der Waals surface area contributed by atoms with Crippen LogP contribution < -0.4 is 5.32 Å². The van der Waals surface area contributed by atoms with Crippen molar-refractivity contribution in [1.82, 2.24) is 10.2 Å². The predicted molar refractivity (Wildman–Crippen MR) is 132 cm³/mol. The van der Waals surface area contributed by atoms with Crippen LogP contribution in [0.15, 0.2) is 78.9 Å². The Morgan fingerprint density at radius 3 is 2.09 bits per heavy atom. The van der Waals surface area contributed by atoms with Gasteiger partial charge in [-0.2, -0.15) is 0 Å². The van der Waals surface area contributed by atoms with Crippen LogP contribution in [0, 0.1) is 0 Å². The number of benzene rings is 3. The summed E-state index contributed by atoms with van der Waals surface area (Å²) in [6.45, 7) is 2.01. The lowest BCUT2D eigenvalue weighted by Gasteiger charge is -2.26. The lowest BCUT2D eigenvalue weighted by molar-refractivity contribution is -0.139. The molecule has 3 aromatic carbocycles. The molecule has 0 aromatic heterocycles. The first-order chi connectivity index (χ1) is 16.9. The molecular weight excluding hydrogens is 444 g/mol. The molecule has 35 heavy (non-hydrogen) atoms. The summed E-state index contributed by atoms with van der Waals surface area (Å²) in [5.41, 5.74) is 5.35. The number of rotatable bonds is 9. The Morgan fingerprint density at radius 2 is 1.49 bits per heavy atom. The number of nitrogens with zero attached hydrogens (tertiary/aromatic N) is 1. The fraction of sp³-hybridized carbons (Fsp3) is 0.250. The SMILES string of the molecule is C[C@H](NC(=O)OCC1c2ccccc2-c2ccccc21)C(=O)N(CCC(=O)O)Cc1ccccc1. The molecule has 0 saturated heterocycles. The molecule has 0 spiro atoms. The Labute approximate surface area is 204 Å². The average Bonchev–Trinajstić information content (AvgIpc) is 3.19. The largest absolute Gasteiger partial charge is 0.481 e. The second-order valence-electron chi connectivity index (χ2n) is 8.58. The van der Waals surface area contributed by atoms with Crippen LogP contribution in [-0.2, 0) is 20.9 Å². The van der Waals surface area contributed by atoms with Crippen molar-refractivity contribution >= 4 is 18.0 Å². The zero-order valence-electron chi connectivity index (χ0n) is 19.5. The van der Waals surface area contributed by atoms with Gasteiger partial charge in [0.2, 0.25) is 5.91 Å². The number of carbonyl (C=O) groups is 3. The summed E-state index contributed by atoms with van der Waals surface area (Å²) < 4.78 is 5.54. The van der Waals surface area contributed by atoms with Gasteiger partial charge < -0.3 is 20.1 Å². The molecule has 0 unspecified atom stereocenters. The minimum absolute atomic E-state index is 0.0414. The Balaban J connectivity index is 1.38. The first-order valence-electron chi connectivity index (χ1n) is 11.6. The van der Waals surface area contributed by atoms with Gasteiger partial charge in [-0.15, -0.1) is 0 Å². The molecule has 180 valence electrons. The van der Waals surface area contributed by atoms with Crippen molar-refractivity contribution in [2.45, 2.75) is 31.8 Å². The van der Waals surface area contributed by atoms with Crippen molar-refractivity contribution in [3.8, 4) is 11.1 Å². The van der Waals surface area contributed by atoms with Gasteiger partial charge in [0.15, 0.2) is 0 Å². The number of nitrogens with one attached hydrogen (secondary N) is 1. The molecule has 7 nitrogen and oxygen atoms in total. The van der Waals surface area contributed by atoms with Crippen molar-refractivity contribution in [3.63, 3.8) is 0 Å². The molecule has 0 heterocycles. The normalized spacial score (nSPS) is 12.8. The molecule has 3 aromatic rings. The lowest BCUT2D eigenvalue weighted by Crippen LogP contribution is -2.47. The number of fused-ring (bicyclic) bond motifs is 3. The van der Waals surface area contributed by atoms with E-state index in [4.69, 9.17) is 9.84 Å². The highest BCUT2D eigenvalue weighted by Crippen LogP contribution is 2.44. The van der Waals surface area contributed by atoms with Crippen molar-refractivity contribution in [1.29, 1.82) is 0 Å². The Hall–Kier alpha value is -4.13. The zero-order chi connectivity index (χ0) is 24.8. The quantitative estimate of drug-likeness (QED) is 0.481. The van der Waals surface area contributed by atoms with Crippen molar-refractivity contribution < 1.29 is 24.2 Å². The average molecular weight is 473 g/mol. The van der Waals surface area contributed by atoms with Gasteiger partial charge in [0.1, 0.15) is 12.6 Å². The predicted octanol–water partition coefficient (Wildman–Crippen LogP) is 4.42. The van der Waals surface area contributed by atoms with Crippen LogP contribution in [0.25, 0.3) is 11.1 Å². The third-order valence-corrected chi connectivity index (χ3v) is 6.17. The summed E-state index contributed by atoms with van der Waals surface area (Å²) >= 11 is 0. The highest BCUT2D eigenvalue weighted by molar-refractivity contribution is 5.86. The van der Waals surface area contributed by atoms with E-state index in [-0.39, 0.29) is 37.9 Å². The zero-order valence-corrected chi connectivity index (χ0v) is 19.5. The van der Waals surface area contributed by atoms with Crippen LogP contribution in [-0.4, -0.2) is 47.2 Å². The minimum atomic E-state index is -0.993. The molecule has 2 N–H and O–H groups in total. The number of carboxylic acid groups (broad SMARTS) is 1. The number of amides is 2. The number of carbonyl (C=O) groups excluding carboxylic acids is 2. The van der Waals surface area contributed by atoms with E-state index in [0.717, 1.165) is 27.8 Å². The molecule has 2 amide bonds. The summed E-state index contributed by atoms with van der Waals surface area (Å²) in [5.74, 6) is -1.44. The van der Waals surface area contributed by atoms with Gasteiger partial charge in [0, 0.05) is 19.0 Å². The topological polar surface area (TPSA) is 95.9 Å². The Bertz CT molecular complexity index is 1170. The van der Waals surface area contributed by atoms with Gasteiger partial charge in [0.25, 0.3) is 0 Å². The number of alkyl carbamates (subject to hydrolysis) is 1. The summed E-state index contributed by atoms with van der Waals surface area (Å²) in [6.07, 6.45) is -0.874. The van der Waals surface area contributed by atoms with E-state index in [0.29, 0.717) is 0 Å². The van der Waals surface area contributed by atoms with Crippen LogP contribution in [0.3, 0.4) is 0 Å². The summed E-state index contributed by atoms with van der Waals surface area (Å²) in [5, 5.41) is 11.7. The number of hydrogen-bond donors (Lipinski definition) is 2. The first-order valence-corrected chi connectivity index (χ1v) is 11.6. The molecular formula is C28H28N2O5. The van der Waals surface area contributed by atoms with E-state index in [1.54, 1.807) is 6.92 Å². The third-order valence-electron chi connectivity index (χ3n) is 6.17. The first kappa shape index (κ1) is 24.0. The molecule has 1 atom stereocenters. The van der Waals surface area contributed by atoms with E-state index >= 15 is 0 Å². The minimum Gasteiger partial charge on any atom is -0.481 e. The van der Waals surface area contributed by atoms with Gasteiger partial charge in [-0.1, -0.05) is 78.9 Å². The van der Waals surface area contributed by atoms with Crippen LogP contribution >= 0.6 is 0 Å². The molecule has 0 saturated carbocycles. The van der Waals surface area contributed by atoms with Crippen LogP contribution in [0.2, 0.25) is 0 Å².